The second-order valence-electron chi connectivity index (χ2n) is 7.25. The molecule has 1 aromatic carbocycles. The highest BCUT2D eigenvalue weighted by atomic mass is 35.5. The SMILES string of the molecule is CCC(CC)(CNC(=O)C1CCC(N)C1)NC(C)c1ccccc1.Cl.Cl. The van der Waals surface area contributed by atoms with Crippen molar-refractivity contribution >= 4 is 30.7 Å². The summed E-state index contributed by atoms with van der Waals surface area (Å²) >= 11 is 0. The molecule has 1 aliphatic carbocycles. The van der Waals surface area contributed by atoms with Crippen molar-refractivity contribution in [3.63, 3.8) is 0 Å². The Hall–Kier alpha value is -0.810. The van der Waals surface area contributed by atoms with Crippen LogP contribution in [0.15, 0.2) is 30.3 Å². The van der Waals surface area contributed by atoms with E-state index >= 15 is 0 Å². The van der Waals surface area contributed by atoms with Gasteiger partial charge in [0.1, 0.15) is 0 Å². The number of nitrogens with one attached hydrogen (secondary N) is 2. The highest BCUT2D eigenvalue weighted by Gasteiger charge is 2.32. The molecule has 4 nitrogen and oxygen atoms in total. The van der Waals surface area contributed by atoms with Crippen molar-refractivity contribution < 1.29 is 4.79 Å². The largest absolute Gasteiger partial charge is 0.354 e. The summed E-state index contributed by atoms with van der Waals surface area (Å²) in [7, 11) is 0. The molecule has 1 aliphatic rings. The minimum atomic E-state index is -0.0777. The predicted octanol–water partition coefficient (Wildman–Crippen LogP) is 3.98. The molecule has 26 heavy (non-hydrogen) atoms. The summed E-state index contributed by atoms with van der Waals surface area (Å²) in [4.78, 5) is 12.4. The van der Waals surface area contributed by atoms with Crippen LogP contribution in [0.3, 0.4) is 0 Å². The van der Waals surface area contributed by atoms with E-state index in [1.807, 2.05) is 6.07 Å². The summed E-state index contributed by atoms with van der Waals surface area (Å²) < 4.78 is 0. The zero-order valence-corrected chi connectivity index (χ0v) is 17.8. The monoisotopic (exact) mass is 403 g/mol. The van der Waals surface area contributed by atoms with Crippen LogP contribution in [0.2, 0.25) is 0 Å². The summed E-state index contributed by atoms with van der Waals surface area (Å²) in [5.41, 5.74) is 7.13. The average molecular weight is 404 g/mol. The molecule has 0 aromatic heterocycles. The first-order chi connectivity index (χ1) is 11.5. The fraction of sp³-hybridized carbons (Fsp3) is 0.650. The lowest BCUT2D eigenvalue weighted by molar-refractivity contribution is -0.125. The lowest BCUT2D eigenvalue weighted by atomic mass is 9.90. The molecule has 1 saturated carbocycles. The lowest BCUT2D eigenvalue weighted by Gasteiger charge is -2.36. The maximum Gasteiger partial charge on any atom is 0.223 e. The maximum atomic E-state index is 12.4. The van der Waals surface area contributed by atoms with Gasteiger partial charge in [0.25, 0.3) is 0 Å². The number of halogens is 2. The first-order valence-corrected chi connectivity index (χ1v) is 9.35. The van der Waals surface area contributed by atoms with E-state index in [0.717, 1.165) is 32.1 Å². The molecule has 0 saturated heterocycles. The van der Waals surface area contributed by atoms with Crippen molar-refractivity contribution in [1.29, 1.82) is 0 Å². The van der Waals surface area contributed by atoms with Crippen molar-refractivity contribution in [2.75, 3.05) is 6.54 Å². The molecule has 1 aromatic rings. The van der Waals surface area contributed by atoms with Crippen LogP contribution in [0.25, 0.3) is 0 Å². The van der Waals surface area contributed by atoms with Gasteiger partial charge in [0.05, 0.1) is 0 Å². The minimum absolute atomic E-state index is 0. The molecule has 3 unspecified atom stereocenters. The maximum absolute atomic E-state index is 12.4. The molecule has 0 heterocycles. The smallest absolute Gasteiger partial charge is 0.223 e. The van der Waals surface area contributed by atoms with Crippen molar-refractivity contribution in [2.24, 2.45) is 11.7 Å². The highest BCUT2D eigenvalue weighted by Crippen LogP contribution is 2.25. The molecule has 0 radical (unpaired) electrons. The average Bonchev–Trinajstić information content (AvgIpc) is 3.05. The molecular formula is C20H35Cl2N3O. The molecule has 3 atom stereocenters. The number of carbonyl (C=O) groups is 1. The quantitative estimate of drug-likeness (QED) is 0.614. The number of amides is 1. The van der Waals surface area contributed by atoms with Gasteiger partial charge < -0.3 is 16.4 Å². The topological polar surface area (TPSA) is 67.2 Å². The van der Waals surface area contributed by atoms with Crippen LogP contribution in [0.4, 0.5) is 0 Å². The Morgan fingerprint density at radius 3 is 2.31 bits per heavy atom. The van der Waals surface area contributed by atoms with E-state index in [4.69, 9.17) is 5.73 Å². The van der Waals surface area contributed by atoms with Gasteiger partial charge >= 0.3 is 0 Å². The fourth-order valence-electron chi connectivity index (χ4n) is 3.69. The van der Waals surface area contributed by atoms with Gasteiger partial charge in [-0.25, -0.2) is 0 Å². The molecule has 0 bridgehead atoms. The summed E-state index contributed by atoms with van der Waals surface area (Å²) in [6.07, 6.45) is 4.67. The third-order valence-corrected chi connectivity index (χ3v) is 5.62. The Morgan fingerprint density at radius 2 is 1.81 bits per heavy atom. The van der Waals surface area contributed by atoms with Gasteiger partial charge in [-0.1, -0.05) is 44.2 Å². The van der Waals surface area contributed by atoms with Crippen LogP contribution in [-0.2, 0) is 4.79 Å². The zero-order valence-electron chi connectivity index (χ0n) is 16.2. The van der Waals surface area contributed by atoms with E-state index in [9.17, 15) is 4.79 Å². The van der Waals surface area contributed by atoms with Crippen molar-refractivity contribution in [1.82, 2.24) is 10.6 Å². The minimum Gasteiger partial charge on any atom is -0.354 e. The number of hydrogen-bond acceptors (Lipinski definition) is 3. The number of hydrogen-bond donors (Lipinski definition) is 3. The summed E-state index contributed by atoms with van der Waals surface area (Å²) in [6, 6.07) is 10.9. The van der Waals surface area contributed by atoms with E-state index in [-0.39, 0.29) is 54.3 Å². The molecule has 1 amide bonds. The van der Waals surface area contributed by atoms with Crippen molar-refractivity contribution in [3.8, 4) is 0 Å². The van der Waals surface area contributed by atoms with Gasteiger partial charge in [-0.2, -0.15) is 0 Å². The summed E-state index contributed by atoms with van der Waals surface area (Å²) in [5, 5.41) is 6.95. The molecule has 150 valence electrons. The zero-order chi connectivity index (χ0) is 17.6. The fourth-order valence-corrected chi connectivity index (χ4v) is 3.69. The first kappa shape index (κ1) is 25.2. The third kappa shape index (κ3) is 6.73. The van der Waals surface area contributed by atoms with Gasteiger partial charge in [-0.15, -0.1) is 24.8 Å². The highest BCUT2D eigenvalue weighted by molar-refractivity contribution is 5.85. The second kappa shape index (κ2) is 11.8. The van der Waals surface area contributed by atoms with Crippen LogP contribution in [0.5, 0.6) is 0 Å². The summed E-state index contributed by atoms with van der Waals surface area (Å²) in [5.74, 6) is 0.265. The second-order valence-corrected chi connectivity index (χ2v) is 7.25. The van der Waals surface area contributed by atoms with Crippen LogP contribution in [0, 0.1) is 5.92 Å². The van der Waals surface area contributed by atoms with E-state index in [0.29, 0.717) is 6.54 Å². The van der Waals surface area contributed by atoms with E-state index in [2.05, 4.69) is 55.7 Å². The lowest BCUT2D eigenvalue weighted by Crippen LogP contribution is -2.54. The van der Waals surface area contributed by atoms with Crippen LogP contribution >= 0.6 is 24.8 Å². The predicted molar refractivity (Wildman–Crippen MR) is 114 cm³/mol. The Balaban J connectivity index is 0.00000312. The number of carbonyl (C=O) groups excluding carboxylic acids is 1. The number of rotatable bonds is 8. The first-order valence-electron chi connectivity index (χ1n) is 9.35. The van der Waals surface area contributed by atoms with Gasteiger partial charge in [0.2, 0.25) is 5.91 Å². The summed E-state index contributed by atoms with van der Waals surface area (Å²) in [6.45, 7) is 7.23. The van der Waals surface area contributed by atoms with Gasteiger partial charge in [0, 0.05) is 30.1 Å². The van der Waals surface area contributed by atoms with Gasteiger partial charge in [-0.3, -0.25) is 4.79 Å². The van der Waals surface area contributed by atoms with Gasteiger partial charge in [0.15, 0.2) is 0 Å². The van der Waals surface area contributed by atoms with Crippen LogP contribution < -0.4 is 16.4 Å². The molecule has 6 heteroatoms. The van der Waals surface area contributed by atoms with E-state index in [1.54, 1.807) is 0 Å². The Morgan fingerprint density at radius 1 is 1.19 bits per heavy atom. The van der Waals surface area contributed by atoms with E-state index in [1.165, 1.54) is 5.56 Å². The standard InChI is InChI=1S/C20H33N3O.2ClH/c1-4-20(5-2,23-15(3)16-9-7-6-8-10-16)14-22-19(24)17-11-12-18(21)13-17;;/h6-10,15,17-18,23H,4-5,11-14,21H2,1-3H3,(H,22,24);2*1H. The van der Waals surface area contributed by atoms with Gasteiger partial charge in [-0.05, 0) is 44.6 Å². The number of nitrogens with two attached hydrogens (primary N) is 1. The molecule has 4 N–H and O–H groups in total. The molecule has 2 rings (SSSR count). The molecule has 0 spiro atoms. The Bertz CT molecular complexity index is 523. The molecule has 1 fully saturated rings. The van der Waals surface area contributed by atoms with Crippen LogP contribution in [0.1, 0.15) is 64.5 Å². The van der Waals surface area contributed by atoms with Crippen LogP contribution in [-0.4, -0.2) is 24.0 Å². The van der Waals surface area contributed by atoms with E-state index < -0.39 is 0 Å². The molecular weight excluding hydrogens is 369 g/mol. The number of benzene rings is 1. The van der Waals surface area contributed by atoms with Crippen molar-refractivity contribution in [3.05, 3.63) is 35.9 Å². The normalized spacial score (nSPS) is 20.6. The van der Waals surface area contributed by atoms with Crippen molar-refractivity contribution in [2.45, 2.75) is 70.5 Å². The molecule has 0 aliphatic heterocycles. The Labute approximate surface area is 170 Å². The Kier molecular flexibility index (Phi) is 11.4. The third-order valence-electron chi connectivity index (χ3n) is 5.62.